The van der Waals surface area contributed by atoms with Gasteiger partial charge in [0.1, 0.15) is 11.6 Å². The van der Waals surface area contributed by atoms with Crippen LogP contribution in [-0.4, -0.2) is 31.1 Å². The van der Waals surface area contributed by atoms with E-state index in [2.05, 4.69) is 25.8 Å². The van der Waals surface area contributed by atoms with Crippen LogP contribution in [0.3, 0.4) is 0 Å². The number of amides is 1. The van der Waals surface area contributed by atoms with E-state index in [0.717, 1.165) is 26.6 Å². The van der Waals surface area contributed by atoms with E-state index in [4.69, 9.17) is 0 Å². The first-order valence-corrected chi connectivity index (χ1v) is 9.82. The van der Waals surface area contributed by atoms with Crippen molar-refractivity contribution in [2.75, 3.05) is 5.32 Å². The number of thiophene rings is 1. The van der Waals surface area contributed by atoms with Gasteiger partial charge in [-0.2, -0.15) is 0 Å². The number of anilines is 1. The molecule has 4 aromatic rings. The number of nitrogens with one attached hydrogen (secondary N) is 1. The summed E-state index contributed by atoms with van der Waals surface area (Å²) in [5.41, 5.74) is 0.660. The van der Waals surface area contributed by atoms with E-state index >= 15 is 0 Å². The predicted octanol–water partition coefficient (Wildman–Crippen LogP) is 2.57. The highest BCUT2D eigenvalue weighted by Crippen LogP contribution is 2.30. The molecule has 10 heteroatoms. The fourth-order valence-corrected chi connectivity index (χ4v) is 4.14. The van der Waals surface area contributed by atoms with E-state index in [1.54, 1.807) is 6.07 Å². The molecule has 0 aliphatic rings. The van der Waals surface area contributed by atoms with Gasteiger partial charge in [-0.05, 0) is 18.1 Å². The van der Waals surface area contributed by atoms with Crippen LogP contribution in [0.1, 0.15) is 11.9 Å². The summed E-state index contributed by atoms with van der Waals surface area (Å²) in [4.78, 5) is 26.3. The summed E-state index contributed by atoms with van der Waals surface area (Å²) in [5.74, 6) is -0.400. The van der Waals surface area contributed by atoms with E-state index in [1.165, 1.54) is 22.7 Å². The van der Waals surface area contributed by atoms with Crippen molar-refractivity contribution in [1.82, 2.24) is 25.2 Å². The average molecular weight is 398 g/mol. The number of fused-ring (bicyclic) bond motifs is 1. The molecule has 0 fully saturated rings. The minimum Gasteiger partial charge on any atom is -0.299 e. The topological polar surface area (TPSA) is 103 Å². The van der Waals surface area contributed by atoms with Crippen molar-refractivity contribution in [2.24, 2.45) is 0 Å². The summed E-state index contributed by atoms with van der Waals surface area (Å²) >= 11 is 2.70. The second-order valence-corrected chi connectivity index (χ2v) is 7.74. The van der Waals surface area contributed by atoms with E-state index < -0.39 is 5.91 Å². The molecule has 8 nitrogen and oxygen atoms in total. The molecular weight excluding hydrogens is 384 g/mol. The third kappa shape index (κ3) is 3.62. The molecule has 3 aromatic heterocycles. The molecule has 0 aliphatic carbocycles. The zero-order valence-corrected chi connectivity index (χ0v) is 15.9. The lowest BCUT2D eigenvalue weighted by molar-refractivity contribution is -0.117. The van der Waals surface area contributed by atoms with Crippen molar-refractivity contribution < 1.29 is 4.79 Å². The number of hydrogen-bond acceptors (Lipinski definition) is 8. The van der Waals surface area contributed by atoms with Crippen LogP contribution in [0.15, 0.2) is 41.2 Å². The zero-order valence-electron chi connectivity index (χ0n) is 14.2. The Morgan fingerprint density at radius 2 is 1.96 bits per heavy atom. The molecule has 1 aromatic carbocycles. The van der Waals surface area contributed by atoms with E-state index in [1.807, 2.05) is 37.3 Å². The van der Waals surface area contributed by atoms with Gasteiger partial charge >= 0.3 is 0 Å². The Morgan fingerprint density at radius 1 is 1.15 bits per heavy atom. The van der Waals surface area contributed by atoms with Crippen LogP contribution >= 0.6 is 22.7 Å². The summed E-state index contributed by atoms with van der Waals surface area (Å²) in [6.07, 6.45) is 0.747. The number of aryl methyl sites for hydroxylation is 1. The summed E-state index contributed by atoms with van der Waals surface area (Å²) in [7, 11) is 0. The summed E-state index contributed by atoms with van der Waals surface area (Å²) < 4.78 is 1.06. The highest BCUT2D eigenvalue weighted by molar-refractivity contribution is 7.21. The van der Waals surface area contributed by atoms with Crippen molar-refractivity contribution in [1.29, 1.82) is 0 Å². The molecule has 4 rings (SSSR count). The van der Waals surface area contributed by atoms with E-state index in [9.17, 15) is 9.59 Å². The van der Waals surface area contributed by atoms with Crippen molar-refractivity contribution in [3.05, 3.63) is 51.8 Å². The summed E-state index contributed by atoms with van der Waals surface area (Å²) in [6.45, 7) is 1.72. The minimum atomic E-state index is -0.400. The number of hydrogen-bond donors (Lipinski definition) is 1. The van der Waals surface area contributed by atoms with Gasteiger partial charge in [0.25, 0.3) is 5.56 Å². The van der Waals surface area contributed by atoms with Crippen LogP contribution in [0, 0.1) is 0 Å². The molecule has 0 aliphatic heterocycles. The minimum absolute atomic E-state index is 0.237. The Bertz CT molecular complexity index is 1170. The van der Waals surface area contributed by atoms with E-state index in [-0.39, 0.29) is 12.1 Å². The number of carbonyl (C=O) groups is 1. The van der Waals surface area contributed by atoms with Gasteiger partial charge in [0.15, 0.2) is 4.83 Å². The first-order chi connectivity index (χ1) is 13.1. The Kier molecular flexibility index (Phi) is 4.73. The van der Waals surface area contributed by atoms with Gasteiger partial charge in [0.2, 0.25) is 11.0 Å². The molecule has 136 valence electrons. The molecule has 0 bridgehead atoms. The Balaban J connectivity index is 1.58. The molecule has 0 radical (unpaired) electrons. The predicted molar refractivity (Wildman–Crippen MR) is 105 cm³/mol. The van der Waals surface area contributed by atoms with Gasteiger partial charge in [-0.15, -0.1) is 26.6 Å². The Hall–Kier alpha value is -2.98. The van der Waals surface area contributed by atoms with Crippen LogP contribution in [0.5, 0.6) is 0 Å². The normalized spacial score (nSPS) is 11.0. The molecule has 0 unspecified atom stereocenters. The maximum atomic E-state index is 12.7. The van der Waals surface area contributed by atoms with E-state index in [0.29, 0.717) is 15.3 Å². The van der Waals surface area contributed by atoms with Gasteiger partial charge in [-0.1, -0.05) is 53.8 Å². The number of carbonyl (C=O) groups excluding carboxylic acids is 1. The van der Waals surface area contributed by atoms with Crippen molar-refractivity contribution in [3.63, 3.8) is 0 Å². The largest absolute Gasteiger partial charge is 0.299 e. The van der Waals surface area contributed by atoms with Gasteiger partial charge in [0.05, 0.1) is 5.39 Å². The van der Waals surface area contributed by atoms with Gasteiger partial charge in [0, 0.05) is 4.88 Å². The van der Waals surface area contributed by atoms with Crippen LogP contribution in [0.25, 0.3) is 20.7 Å². The third-order valence-corrected chi connectivity index (χ3v) is 5.84. The Morgan fingerprint density at radius 3 is 2.70 bits per heavy atom. The maximum absolute atomic E-state index is 12.7. The standard InChI is InChI=1S/C17H14N6O2S2/c1-2-14-19-21-17(27-14)18-13(24)9-23-16(25)11-8-12(26-15(11)20-22-23)10-6-4-3-5-7-10/h3-8H,2,9H2,1H3,(H,18,21,24). The average Bonchev–Trinajstić information content (AvgIpc) is 3.32. The lowest BCUT2D eigenvalue weighted by Gasteiger charge is -2.02. The molecule has 0 atom stereocenters. The smallest absolute Gasteiger partial charge is 0.279 e. The molecule has 27 heavy (non-hydrogen) atoms. The highest BCUT2D eigenvalue weighted by Gasteiger charge is 2.14. The molecule has 0 saturated heterocycles. The number of benzene rings is 1. The molecular formula is C17H14N6O2S2. The van der Waals surface area contributed by atoms with Crippen molar-refractivity contribution in [3.8, 4) is 10.4 Å². The van der Waals surface area contributed by atoms with Gasteiger partial charge in [-0.3, -0.25) is 14.9 Å². The van der Waals surface area contributed by atoms with Crippen LogP contribution in [0.4, 0.5) is 5.13 Å². The quantitative estimate of drug-likeness (QED) is 0.554. The fraction of sp³-hybridized carbons (Fsp3) is 0.176. The molecule has 1 amide bonds. The lowest BCUT2D eigenvalue weighted by Crippen LogP contribution is -2.30. The van der Waals surface area contributed by atoms with Crippen LogP contribution in [0.2, 0.25) is 0 Å². The van der Waals surface area contributed by atoms with Crippen molar-refractivity contribution in [2.45, 2.75) is 19.9 Å². The highest BCUT2D eigenvalue weighted by atomic mass is 32.1. The zero-order chi connectivity index (χ0) is 18.8. The number of aromatic nitrogens is 5. The molecule has 0 saturated carbocycles. The van der Waals surface area contributed by atoms with Crippen LogP contribution in [-0.2, 0) is 17.8 Å². The lowest BCUT2D eigenvalue weighted by atomic mass is 10.2. The summed E-state index contributed by atoms with van der Waals surface area (Å²) in [5, 5.41) is 20.1. The number of rotatable bonds is 5. The third-order valence-electron chi connectivity index (χ3n) is 3.79. The van der Waals surface area contributed by atoms with Crippen molar-refractivity contribution >= 4 is 43.9 Å². The Labute approximate surface area is 161 Å². The van der Waals surface area contributed by atoms with Gasteiger partial charge in [-0.25, -0.2) is 4.68 Å². The first-order valence-electron chi connectivity index (χ1n) is 8.19. The molecule has 1 N–H and O–H groups in total. The summed E-state index contributed by atoms with van der Waals surface area (Å²) in [6, 6.07) is 11.5. The number of nitrogens with zero attached hydrogens (tertiary/aromatic N) is 5. The first kappa shape index (κ1) is 17.4. The molecule has 0 spiro atoms. The SMILES string of the molecule is CCc1nnc(NC(=O)Cn2nnc3sc(-c4ccccc4)cc3c2=O)s1. The van der Waals surface area contributed by atoms with Crippen LogP contribution < -0.4 is 10.9 Å². The maximum Gasteiger partial charge on any atom is 0.279 e. The van der Waals surface area contributed by atoms with Gasteiger partial charge < -0.3 is 0 Å². The monoisotopic (exact) mass is 398 g/mol. The molecule has 3 heterocycles. The fourth-order valence-electron chi connectivity index (χ4n) is 2.47. The second kappa shape index (κ2) is 7.33. The second-order valence-electron chi connectivity index (χ2n) is 5.65.